The molecular weight excluding hydrogens is 258 g/mol. The van der Waals surface area contributed by atoms with E-state index in [2.05, 4.69) is 42.6 Å². The molecule has 0 aromatic heterocycles. The van der Waals surface area contributed by atoms with Gasteiger partial charge in [-0.15, -0.1) is 0 Å². The highest BCUT2D eigenvalue weighted by atomic mass is 16.3. The fourth-order valence-corrected chi connectivity index (χ4v) is 2.98. The number of rotatable bonds is 4. The van der Waals surface area contributed by atoms with E-state index in [1.165, 1.54) is 16.7 Å². The molecule has 1 atom stereocenters. The number of nitrogens with one attached hydrogen (secondary N) is 1. The molecule has 0 saturated carbocycles. The second-order valence-corrected chi connectivity index (χ2v) is 5.72. The molecule has 0 fully saturated rings. The average molecular weight is 279 g/mol. The number of phenols is 1. The van der Waals surface area contributed by atoms with Crippen LogP contribution in [0.5, 0.6) is 5.75 Å². The fourth-order valence-electron chi connectivity index (χ4n) is 2.98. The van der Waals surface area contributed by atoms with Crippen LogP contribution in [0.1, 0.15) is 30.9 Å². The Hall–Kier alpha value is -2.22. The number of fused-ring (bicyclic) bond motifs is 1. The van der Waals surface area contributed by atoms with Crippen molar-refractivity contribution in [2.24, 2.45) is 0 Å². The molecule has 2 nitrogen and oxygen atoms in total. The molecule has 0 bridgehead atoms. The van der Waals surface area contributed by atoms with E-state index in [1.54, 1.807) is 12.1 Å². The van der Waals surface area contributed by atoms with E-state index in [4.69, 9.17) is 0 Å². The Kier molecular flexibility index (Phi) is 3.96. The number of anilines is 1. The summed E-state index contributed by atoms with van der Waals surface area (Å²) in [5.74, 6) is 0.303. The molecule has 0 radical (unpaired) electrons. The van der Waals surface area contributed by atoms with Gasteiger partial charge in [0, 0.05) is 11.7 Å². The lowest BCUT2D eigenvalue weighted by atomic mass is 9.88. The Morgan fingerprint density at radius 2 is 1.86 bits per heavy atom. The van der Waals surface area contributed by atoms with Gasteiger partial charge in [0.15, 0.2) is 0 Å². The number of allylic oxidation sites excluding steroid dienone is 1. The van der Waals surface area contributed by atoms with E-state index in [0.717, 1.165) is 24.9 Å². The minimum atomic E-state index is 0.303. The molecule has 2 heteroatoms. The van der Waals surface area contributed by atoms with Gasteiger partial charge in [0.2, 0.25) is 0 Å². The summed E-state index contributed by atoms with van der Waals surface area (Å²) in [5, 5.41) is 12.8. The van der Waals surface area contributed by atoms with Crippen LogP contribution in [0.25, 0.3) is 5.57 Å². The third kappa shape index (κ3) is 3.27. The molecular formula is C19H21NO. The van der Waals surface area contributed by atoms with Crippen LogP contribution in [-0.4, -0.2) is 11.1 Å². The highest BCUT2D eigenvalue weighted by Gasteiger charge is 2.14. The van der Waals surface area contributed by atoms with Crippen LogP contribution >= 0.6 is 0 Å². The average Bonchev–Trinajstić information content (AvgIpc) is 2.50. The first-order valence-corrected chi connectivity index (χ1v) is 7.55. The van der Waals surface area contributed by atoms with Gasteiger partial charge in [-0.25, -0.2) is 0 Å². The normalized spacial score (nSPS) is 15.0. The molecule has 0 heterocycles. The smallest absolute Gasteiger partial charge is 0.115 e. The molecule has 0 spiro atoms. The summed E-state index contributed by atoms with van der Waals surface area (Å²) in [7, 11) is 0. The number of aryl methyl sites for hydroxylation is 1. The standard InChI is InChI=1S/C19H21NO/c1-14(20-17-9-11-18(21)12-10-17)13-16-7-4-6-15-5-2-3-8-19(15)16/h2-3,5,7-12,14,20-21H,4,6,13H2,1H3. The Labute approximate surface area is 126 Å². The largest absolute Gasteiger partial charge is 0.508 e. The van der Waals surface area contributed by atoms with E-state index in [-0.39, 0.29) is 0 Å². The summed E-state index contributed by atoms with van der Waals surface area (Å²) in [5.41, 5.74) is 5.36. The van der Waals surface area contributed by atoms with Gasteiger partial charge in [-0.1, -0.05) is 30.3 Å². The van der Waals surface area contributed by atoms with Crippen LogP contribution in [0, 0.1) is 0 Å². The minimum absolute atomic E-state index is 0.303. The van der Waals surface area contributed by atoms with Crippen molar-refractivity contribution >= 4 is 11.3 Å². The lowest BCUT2D eigenvalue weighted by Crippen LogP contribution is -2.16. The molecule has 2 aromatic carbocycles. The molecule has 108 valence electrons. The highest BCUT2D eigenvalue weighted by Crippen LogP contribution is 2.30. The minimum Gasteiger partial charge on any atom is -0.508 e. The van der Waals surface area contributed by atoms with E-state index >= 15 is 0 Å². The molecule has 0 amide bonds. The number of hydrogen-bond donors (Lipinski definition) is 2. The zero-order chi connectivity index (χ0) is 14.7. The van der Waals surface area contributed by atoms with Gasteiger partial charge in [0.1, 0.15) is 5.75 Å². The maximum atomic E-state index is 9.32. The van der Waals surface area contributed by atoms with Crippen molar-refractivity contribution in [1.29, 1.82) is 0 Å². The van der Waals surface area contributed by atoms with Gasteiger partial charge in [-0.3, -0.25) is 0 Å². The Balaban J connectivity index is 1.69. The molecule has 1 aliphatic rings. The Morgan fingerprint density at radius 1 is 1.10 bits per heavy atom. The summed E-state index contributed by atoms with van der Waals surface area (Å²) in [6.45, 7) is 2.20. The van der Waals surface area contributed by atoms with Gasteiger partial charge in [0.05, 0.1) is 0 Å². The van der Waals surface area contributed by atoms with E-state index < -0.39 is 0 Å². The number of benzene rings is 2. The van der Waals surface area contributed by atoms with E-state index in [9.17, 15) is 5.11 Å². The third-order valence-electron chi connectivity index (χ3n) is 3.97. The third-order valence-corrected chi connectivity index (χ3v) is 3.97. The zero-order valence-electron chi connectivity index (χ0n) is 12.3. The summed E-state index contributed by atoms with van der Waals surface area (Å²) < 4.78 is 0. The molecule has 3 rings (SSSR count). The second-order valence-electron chi connectivity index (χ2n) is 5.72. The van der Waals surface area contributed by atoms with Crippen molar-refractivity contribution in [3.05, 3.63) is 65.7 Å². The van der Waals surface area contributed by atoms with Crippen LogP contribution in [-0.2, 0) is 6.42 Å². The lowest BCUT2D eigenvalue weighted by molar-refractivity contribution is 0.475. The number of aromatic hydroxyl groups is 1. The summed E-state index contributed by atoms with van der Waals surface area (Å²) >= 11 is 0. The predicted octanol–water partition coefficient (Wildman–Crippen LogP) is 4.61. The number of phenolic OH excluding ortho intramolecular Hbond substituents is 1. The van der Waals surface area contributed by atoms with Gasteiger partial charge in [-0.2, -0.15) is 0 Å². The van der Waals surface area contributed by atoms with Crippen molar-refractivity contribution in [2.75, 3.05) is 5.32 Å². The molecule has 1 unspecified atom stereocenters. The quantitative estimate of drug-likeness (QED) is 0.801. The highest BCUT2D eigenvalue weighted by molar-refractivity contribution is 5.70. The van der Waals surface area contributed by atoms with Crippen molar-refractivity contribution in [2.45, 2.75) is 32.2 Å². The fraction of sp³-hybridized carbons (Fsp3) is 0.263. The van der Waals surface area contributed by atoms with Gasteiger partial charge < -0.3 is 10.4 Å². The summed E-state index contributed by atoms with van der Waals surface area (Å²) in [4.78, 5) is 0. The second kappa shape index (κ2) is 6.04. The summed E-state index contributed by atoms with van der Waals surface area (Å²) in [6, 6.07) is 16.3. The maximum Gasteiger partial charge on any atom is 0.115 e. The molecule has 0 aliphatic heterocycles. The van der Waals surface area contributed by atoms with Gasteiger partial charge in [-0.05, 0) is 67.2 Å². The van der Waals surface area contributed by atoms with Gasteiger partial charge in [0.25, 0.3) is 0 Å². The molecule has 21 heavy (non-hydrogen) atoms. The van der Waals surface area contributed by atoms with Crippen LogP contribution < -0.4 is 5.32 Å². The van der Waals surface area contributed by atoms with Crippen LogP contribution in [0.15, 0.2) is 54.6 Å². The monoisotopic (exact) mass is 279 g/mol. The first-order valence-electron chi connectivity index (χ1n) is 7.55. The Bertz CT molecular complexity index is 643. The zero-order valence-corrected chi connectivity index (χ0v) is 12.3. The van der Waals surface area contributed by atoms with Crippen molar-refractivity contribution < 1.29 is 5.11 Å². The van der Waals surface area contributed by atoms with Crippen LogP contribution in [0.3, 0.4) is 0 Å². The number of hydrogen-bond acceptors (Lipinski definition) is 2. The summed E-state index contributed by atoms with van der Waals surface area (Å²) in [6.07, 6.45) is 5.67. The van der Waals surface area contributed by atoms with Crippen molar-refractivity contribution in [3.63, 3.8) is 0 Å². The van der Waals surface area contributed by atoms with Crippen LogP contribution in [0.2, 0.25) is 0 Å². The van der Waals surface area contributed by atoms with Crippen molar-refractivity contribution in [1.82, 2.24) is 0 Å². The molecule has 1 aliphatic carbocycles. The molecule has 2 aromatic rings. The van der Waals surface area contributed by atoms with Gasteiger partial charge >= 0.3 is 0 Å². The topological polar surface area (TPSA) is 32.3 Å². The first-order chi connectivity index (χ1) is 10.2. The molecule has 2 N–H and O–H groups in total. The van der Waals surface area contributed by atoms with E-state index in [1.807, 2.05) is 12.1 Å². The van der Waals surface area contributed by atoms with Crippen molar-refractivity contribution in [3.8, 4) is 5.75 Å². The first kappa shape index (κ1) is 13.7. The maximum absolute atomic E-state index is 9.32. The van der Waals surface area contributed by atoms with Crippen LogP contribution in [0.4, 0.5) is 5.69 Å². The Morgan fingerprint density at radius 3 is 2.67 bits per heavy atom. The molecule has 0 saturated heterocycles. The SMILES string of the molecule is CC(CC1=CCCc2ccccc21)Nc1ccc(O)cc1. The van der Waals surface area contributed by atoms with E-state index in [0.29, 0.717) is 11.8 Å². The lowest BCUT2D eigenvalue weighted by Gasteiger charge is -2.22. The predicted molar refractivity (Wildman–Crippen MR) is 88.5 cm³/mol.